The van der Waals surface area contributed by atoms with Gasteiger partial charge in [-0.05, 0) is 30.3 Å². The minimum atomic E-state index is 0.184. The first kappa shape index (κ1) is 15.8. The lowest BCUT2D eigenvalue weighted by atomic mass is 10.1. The number of rotatable bonds is 5. The molecule has 1 aromatic carbocycles. The molecule has 0 fully saturated rings. The van der Waals surface area contributed by atoms with Crippen LogP contribution >= 0.6 is 11.6 Å². The van der Waals surface area contributed by atoms with Gasteiger partial charge < -0.3 is 15.4 Å². The van der Waals surface area contributed by atoms with E-state index in [1.807, 2.05) is 6.07 Å². The number of nitrogens with one attached hydrogen (secondary N) is 4. The molecule has 7 nitrogen and oxygen atoms in total. The smallest absolute Gasteiger partial charge is 0.238 e. The Kier molecular flexibility index (Phi) is 4.62. The van der Waals surface area contributed by atoms with Crippen LogP contribution in [0.5, 0.6) is 11.6 Å². The van der Waals surface area contributed by atoms with Gasteiger partial charge in [0, 0.05) is 36.8 Å². The van der Waals surface area contributed by atoms with E-state index in [4.69, 9.17) is 21.7 Å². The molecule has 122 valence electrons. The number of aromatic amines is 1. The van der Waals surface area contributed by atoms with Crippen LogP contribution in [0.15, 0.2) is 48.8 Å². The average Bonchev–Trinajstić information content (AvgIpc) is 3.10. The first-order chi connectivity index (χ1) is 11.7. The Balaban J connectivity index is 1.87. The molecule has 0 atom stereocenters. The summed E-state index contributed by atoms with van der Waals surface area (Å²) in [6.45, 7) is 0. The Bertz CT molecular complexity index is 850. The predicted octanol–water partition coefficient (Wildman–Crippen LogP) is 3.73. The molecule has 0 bridgehead atoms. The second kappa shape index (κ2) is 7.01. The van der Waals surface area contributed by atoms with Crippen molar-refractivity contribution in [3.63, 3.8) is 0 Å². The normalized spacial score (nSPS) is 10.2. The van der Waals surface area contributed by atoms with Crippen LogP contribution in [-0.4, -0.2) is 28.1 Å². The zero-order valence-corrected chi connectivity index (χ0v) is 13.6. The predicted molar refractivity (Wildman–Crippen MR) is 94.3 cm³/mol. The number of hydrogen-bond donors (Lipinski definition) is 4. The molecule has 0 saturated heterocycles. The van der Waals surface area contributed by atoms with Crippen molar-refractivity contribution in [3.05, 3.63) is 59.4 Å². The summed E-state index contributed by atoms with van der Waals surface area (Å²) < 4.78 is 5.72. The molecule has 0 spiro atoms. The molecule has 2 heterocycles. The molecule has 8 heteroatoms. The highest BCUT2D eigenvalue weighted by atomic mass is 35.5. The third kappa shape index (κ3) is 3.47. The van der Waals surface area contributed by atoms with E-state index in [1.165, 1.54) is 0 Å². The van der Waals surface area contributed by atoms with E-state index in [0.29, 0.717) is 28.0 Å². The van der Waals surface area contributed by atoms with Crippen molar-refractivity contribution in [2.45, 2.75) is 0 Å². The molecule has 0 amide bonds. The van der Waals surface area contributed by atoms with Crippen LogP contribution in [0, 0.1) is 5.41 Å². The molecule has 0 aliphatic rings. The van der Waals surface area contributed by atoms with E-state index in [1.54, 1.807) is 49.8 Å². The number of nitrogens with zero attached hydrogens (tertiary/aromatic N) is 2. The maximum atomic E-state index is 8.27. The van der Waals surface area contributed by atoms with Crippen molar-refractivity contribution in [2.24, 2.45) is 0 Å². The van der Waals surface area contributed by atoms with Gasteiger partial charge >= 0.3 is 0 Å². The number of hydrogen-bond acceptors (Lipinski definition) is 5. The minimum Gasteiger partial charge on any atom is -0.438 e. The molecule has 0 unspecified atom stereocenters. The molecule has 0 aliphatic heterocycles. The average molecular weight is 343 g/mol. The lowest BCUT2D eigenvalue weighted by Crippen LogP contribution is -2.14. The summed E-state index contributed by atoms with van der Waals surface area (Å²) in [5.74, 6) is 1.58. The van der Waals surface area contributed by atoms with Crippen LogP contribution in [-0.2, 0) is 0 Å². The van der Waals surface area contributed by atoms with E-state index in [0.717, 1.165) is 5.69 Å². The van der Waals surface area contributed by atoms with Crippen LogP contribution in [0.4, 0.5) is 11.5 Å². The van der Waals surface area contributed by atoms with Gasteiger partial charge in [-0.15, -0.1) is 0 Å². The van der Waals surface area contributed by atoms with Gasteiger partial charge in [-0.2, -0.15) is 5.10 Å². The van der Waals surface area contributed by atoms with Gasteiger partial charge in [-0.3, -0.25) is 10.5 Å². The lowest BCUT2D eigenvalue weighted by molar-refractivity contribution is 0.463. The SMILES string of the molecule is CNc1ccc(Oc2ncccc2Cl)cc1C(=N)Nc1cc[nH]n1. The maximum Gasteiger partial charge on any atom is 0.238 e. The molecular weight excluding hydrogens is 328 g/mol. The van der Waals surface area contributed by atoms with E-state index < -0.39 is 0 Å². The summed E-state index contributed by atoms with van der Waals surface area (Å²) in [6.07, 6.45) is 3.28. The first-order valence-corrected chi connectivity index (χ1v) is 7.51. The lowest BCUT2D eigenvalue weighted by Gasteiger charge is -2.13. The van der Waals surface area contributed by atoms with Gasteiger partial charge in [0.15, 0.2) is 5.82 Å². The topological polar surface area (TPSA) is 98.7 Å². The van der Waals surface area contributed by atoms with Gasteiger partial charge in [0.05, 0.1) is 0 Å². The van der Waals surface area contributed by atoms with Crippen LogP contribution < -0.4 is 15.4 Å². The molecule has 0 saturated carbocycles. The molecule has 0 radical (unpaired) electrons. The third-order valence-corrected chi connectivity index (χ3v) is 3.51. The summed E-state index contributed by atoms with van der Waals surface area (Å²) in [5.41, 5.74) is 1.41. The molecule has 2 aromatic heterocycles. The highest BCUT2D eigenvalue weighted by molar-refractivity contribution is 6.31. The number of amidine groups is 1. The number of pyridine rings is 1. The number of aromatic nitrogens is 3. The van der Waals surface area contributed by atoms with Gasteiger partial charge in [0.25, 0.3) is 0 Å². The fraction of sp³-hybridized carbons (Fsp3) is 0.0625. The summed E-state index contributed by atoms with van der Waals surface area (Å²) >= 11 is 6.06. The van der Waals surface area contributed by atoms with Crippen molar-refractivity contribution in [3.8, 4) is 11.6 Å². The fourth-order valence-corrected chi connectivity index (χ4v) is 2.26. The zero-order valence-electron chi connectivity index (χ0n) is 12.8. The minimum absolute atomic E-state index is 0.184. The molecule has 3 aromatic rings. The number of ether oxygens (including phenoxy) is 1. The van der Waals surface area contributed by atoms with Gasteiger partial charge in [-0.25, -0.2) is 4.98 Å². The number of halogens is 1. The molecule has 3 rings (SSSR count). The molecule has 24 heavy (non-hydrogen) atoms. The zero-order chi connectivity index (χ0) is 16.9. The van der Waals surface area contributed by atoms with Crippen molar-refractivity contribution in [1.29, 1.82) is 5.41 Å². The standard InChI is InChI=1S/C16H15ClN6O/c1-19-13-5-4-10(24-16-12(17)3-2-7-20-16)9-11(13)15(18)22-14-6-8-21-23-14/h2-9,19H,1H3,(H3,18,21,22,23). The molecule has 4 N–H and O–H groups in total. The highest BCUT2D eigenvalue weighted by Gasteiger charge is 2.12. The highest BCUT2D eigenvalue weighted by Crippen LogP contribution is 2.29. The van der Waals surface area contributed by atoms with Gasteiger partial charge in [-0.1, -0.05) is 11.6 Å². The van der Waals surface area contributed by atoms with Gasteiger partial charge in [0.2, 0.25) is 5.88 Å². The van der Waals surface area contributed by atoms with E-state index >= 15 is 0 Å². The fourth-order valence-electron chi connectivity index (χ4n) is 2.09. The van der Waals surface area contributed by atoms with E-state index in [2.05, 4.69) is 25.8 Å². The van der Waals surface area contributed by atoms with Gasteiger partial charge in [0.1, 0.15) is 16.6 Å². The Morgan fingerprint density at radius 3 is 2.88 bits per heavy atom. The summed E-state index contributed by atoms with van der Waals surface area (Å²) in [6, 6.07) is 10.5. The van der Waals surface area contributed by atoms with E-state index in [-0.39, 0.29) is 5.84 Å². The number of H-pyrrole nitrogens is 1. The van der Waals surface area contributed by atoms with Crippen LogP contribution in [0.2, 0.25) is 5.02 Å². The third-order valence-electron chi connectivity index (χ3n) is 3.22. The van der Waals surface area contributed by atoms with Crippen LogP contribution in [0.25, 0.3) is 0 Å². The molecular formula is C16H15ClN6O. The van der Waals surface area contributed by atoms with E-state index in [9.17, 15) is 0 Å². The Morgan fingerprint density at radius 1 is 1.29 bits per heavy atom. The quantitative estimate of drug-likeness (QED) is 0.418. The van der Waals surface area contributed by atoms with Crippen molar-refractivity contribution in [1.82, 2.24) is 15.2 Å². The Hall–Kier alpha value is -3.06. The van der Waals surface area contributed by atoms with Crippen molar-refractivity contribution in [2.75, 3.05) is 17.7 Å². The van der Waals surface area contributed by atoms with Crippen LogP contribution in [0.3, 0.4) is 0 Å². The number of benzene rings is 1. The van der Waals surface area contributed by atoms with Crippen molar-refractivity contribution >= 4 is 28.9 Å². The second-order valence-electron chi connectivity index (χ2n) is 4.81. The monoisotopic (exact) mass is 342 g/mol. The summed E-state index contributed by atoms with van der Waals surface area (Å²) in [4.78, 5) is 4.10. The maximum absolute atomic E-state index is 8.27. The molecule has 0 aliphatic carbocycles. The summed E-state index contributed by atoms with van der Waals surface area (Å²) in [5, 5.41) is 21.3. The largest absolute Gasteiger partial charge is 0.438 e. The Labute approximate surface area is 143 Å². The number of anilines is 2. The van der Waals surface area contributed by atoms with Crippen molar-refractivity contribution < 1.29 is 4.74 Å². The Morgan fingerprint density at radius 2 is 2.17 bits per heavy atom. The first-order valence-electron chi connectivity index (χ1n) is 7.13. The second-order valence-corrected chi connectivity index (χ2v) is 5.22. The van der Waals surface area contributed by atoms with Crippen LogP contribution in [0.1, 0.15) is 5.56 Å². The summed E-state index contributed by atoms with van der Waals surface area (Å²) in [7, 11) is 1.79.